The van der Waals surface area contributed by atoms with Crippen LogP contribution in [0.2, 0.25) is 5.02 Å². The van der Waals surface area contributed by atoms with Crippen molar-refractivity contribution in [2.45, 2.75) is 12.3 Å². The number of anilines is 1. The second-order valence-corrected chi connectivity index (χ2v) is 6.08. The number of aromatic nitrogens is 3. The van der Waals surface area contributed by atoms with Crippen molar-refractivity contribution >= 4 is 23.2 Å². The predicted octanol–water partition coefficient (Wildman–Crippen LogP) is 3.44. The molecule has 3 aromatic rings. The number of hydrogen-bond donors (Lipinski definition) is 0. The highest BCUT2D eigenvalue weighted by atomic mass is 35.5. The van der Waals surface area contributed by atoms with Gasteiger partial charge in [-0.1, -0.05) is 22.8 Å². The van der Waals surface area contributed by atoms with Crippen molar-refractivity contribution in [3.05, 3.63) is 59.3 Å². The number of rotatable bonds is 3. The van der Waals surface area contributed by atoms with E-state index in [1.54, 1.807) is 18.3 Å². The van der Waals surface area contributed by atoms with Gasteiger partial charge >= 0.3 is 0 Å². The van der Waals surface area contributed by atoms with E-state index in [0.29, 0.717) is 29.6 Å². The predicted molar refractivity (Wildman–Crippen MR) is 88.7 cm³/mol. The number of carbonyl (C=O) groups excluding carboxylic acids is 1. The summed E-state index contributed by atoms with van der Waals surface area (Å²) in [5.41, 5.74) is 1.07. The van der Waals surface area contributed by atoms with E-state index >= 15 is 0 Å². The quantitative estimate of drug-likeness (QED) is 0.717. The van der Waals surface area contributed by atoms with Gasteiger partial charge in [0, 0.05) is 19.2 Å². The fraction of sp³-hybridized carbons (Fsp3) is 0.176. The van der Waals surface area contributed by atoms with Crippen LogP contribution in [0.3, 0.4) is 0 Å². The number of halogens is 2. The highest BCUT2D eigenvalue weighted by molar-refractivity contribution is 6.33. The highest BCUT2D eigenvalue weighted by Crippen LogP contribution is 2.35. The summed E-state index contributed by atoms with van der Waals surface area (Å²) < 4.78 is 18.5. The van der Waals surface area contributed by atoms with Crippen LogP contribution in [0.25, 0.3) is 11.5 Å². The van der Waals surface area contributed by atoms with E-state index in [1.165, 1.54) is 23.1 Å². The molecule has 0 bridgehead atoms. The zero-order valence-electron chi connectivity index (χ0n) is 12.9. The Morgan fingerprint density at radius 2 is 2.16 bits per heavy atom. The summed E-state index contributed by atoms with van der Waals surface area (Å²) in [6.45, 7) is 0.341. The van der Waals surface area contributed by atoms with Gasteiger partial charge in [0.2, 0.25) is 17.6 Å². The molecule has 1 fully saturated rings. The minimum absolute atomic E-state index is 0.129. The number of amides is 1. The summed E-state index contributed by atoms with van der Waals surface area (Å²) in [5.74, 6) is -0.0837. The second kappa shape index (κ2) is 6.25. The third-order valence-electron chi connectivity index (χ3n) is 4.01. The summed E-state index contributed by atoms with van der Waals surface area (Å²) in [6, 6.07) is 9.35. The lowest BCUT2D eigenvalue weighted by atomic mass is 10.1. The lowest BCUT2D eigenvalue weighted by Crippen LogP contribution is -2.24. The molecule has 25 heavy (non-hydrogen) atoms. The fourth-order valence-electron chi connectivity index (χ4n) is 2.81. The van der Waals surface area contributed by atoms with Crippen molar-refractivity contribution < 1.29 is 13.7 Å². The maximum absolute atomic E-state index is 13.2. The molecular formula is C17H12ClFN4O2. The Hall–Kier alpha value is -2.80. The summed E-state index contributed by atoms with van der Waals surface area (Å²) in [5, 5.41) is 4.12. The van der Waals surface area contributed by atoms with Crippen molar-refractivity contribution in [1.29, 1.82) is 0 Å². The molecule has 1 saturated heterocycles. The van der Waals surface area contributed by atoms with Gasteiger partial charge in [0.15, 0.2) is 0 Å². The van der Waals surface area contributed by atoms with Gasteiger partial charge in [-0.15, -0.1) is 0 Å². The smallest absolute Gasteiger partial charge is 0.232 e. The van der Waals surface area contributed by atoms with Gasteiger partial charge in [-0.25, -0.2) is 4.39 Å². The van der Waals surface area contributed by atoms with Crippen LogP contribution in [0.5, 0.6) is 0 Å². The van der Waals surface area contributed by atoms with Crippen molar-refractivity contribution in [3.63, 3.8) is 0 Å². The van der Waals surface area contributed by atoms with Crippen LogP contribution < -0.4 is 4.90 Å². The van der Waals surface area contributed by atoms with Crippen LogP contribution in [0.4, 0.5) is 10.1 Å². The zero-order chi connectivity index (χ0) is 17.4. The summed E-state index contributed by atoms with van der Waals surface area (Å²) in [4.78, 5) is 22.4. The van der Waals surface area contributed by atoms with E-state index in [4.69, 9.17) is 16.1 Å². The molecule has 1 aromatic carbocycles. The van der Waals surface area contributed by atoms with Crippen LogP contribution in [0, 0.1) is 5.82 Å². The standard InChI is InChI=1S/C17H12ClFN4O2/c18-12-8-11(19)4-5-14(12)23-9-10(7-15(23)24)17-21-16(22-25-17)13-3-1-2-6-20-13/h1-6,8,10H,7,9H2. The molecule has 0 N–H and O–H groups in total. The molecule has 0 radical (unpaired) electrons. The van der Waals surface area contributed by atoms with Crippen molar-refractivity contribution in [3.8, 4) is 11.5 Å². The molecule has 126 valence electrons. The van der Waals surface area contributed by atoms with Crippen LogP contribution in [-0.4, -0.2) is 27.6 Å². The zero-order valence-corrected chi connectivity index (χ0v) is 13.7. The second-order valence-electron chi connectivity index (χ2n) is 5.67. The van der Waals surface area contributed by atoms with Gasteiger partial charge in [-0.3, -0.25) is 9.78 Å². The molecule has 1 atom stereocenters. The molecule has 1 amide bonds. The molecule has 1 aliphatic rings. The number of hydrogen-bond acceptors (Lipinski definition) is 5. The van der Waals surface area contributed by atoms with Crippen LogP contribution >= 0.6 is 11.6 Å². The highest BCUT2D eigenvalue weighted by Gasteiger charge is 2.36. The minimum atomic E-state index is -0.450. The summed E-state index contributed by atoms with van der Waals surface area (Å²) in [6.07, 6.45) is 1.86. The van der Waals surface area contributed by atoms with Crippen LogP contribution in [0.15, 0.2) is 47.1 Å². The normalized spacial score (nSPS) is 17.3. The van der Waals surface area contributed by atoms with Crippen molar-refractivity contribution in [2.24, 2.45) is 0 Å². The minimum Gasteiger partial charge on any atom is -0.339 e. The average molecular weight is 359 g/mol. The molecule has 4 rings (SSSR count). The first-order valence-corrected chi connectivity index (χ1v) is 8.00. The van der Waals surface area contributed by atoms with Crippen molar-refractivity contribution in [1.82, 2.24) is 15.1 Å². The molecular weight excluding hydrogens is 347 g/mol. The topological polar surface area (TPSA) is 72.1 Å². The third kappa shape index (κ3) is 2.98. The first-order valence-electron chi connectivity index (χ1n) is 7.62. The van der Waals surface area contributed by atoms with Gasteiger partial charge in [-0.2, -0.15) is 4.98 Å². The number of pyridine rings is 1. The van der Waals surface area contributed by atoms with E-state index in [-0.39, 0.29) is 23.3 Å². The van der Waals surface area contributed by atoms with Gasteiger partial charge < -0.3 is 9.42 Å². The molecule has 6 nitrogen and oxygen atoms in total. The van der Waals surface area contributed by atoms with E-state index in [2.05, 4.69) is 15.1 Å². The molecule has 0 saturated carbocycles. The fourth-order valence-corrected chi connectivity index (χ4v) is 3.08. The number of nitrogens with zero attached hydrogens (tertiary/aromatic N) is 4. The maximum Gasteiger partial charge on any atom is 0.232 e. The molecule has 1 aliphatic heterocycles. The van der Waals surface area contributed by atoms with Crippen molar-refractivity contribution in [2.75, 3.05) is 11.4 Å². The third-order valence-corrected chi connectivity index (χ3v) is 4.31. The Labute approximate surface area is 147 Å². The van der Waals surface area contributed by atoms with E-state index in [0.717, 1.165) is 0 Å². The molecule has 0 spiro atoms. The Morgan fingerprint density at radius 1 is 1.28 bits per heavy atom. The molecule has 3 heterocycles. The Morgan fingerprint density at radius 3 is 2.92 bits per heavy atom. The number of benzene rings is 1. The van der Waals surface area contributed by atoms with E-state index in [9.17, 15) is 9.18 Å². The van der Waals surface area contributed by atoms with Gasteiger partial charge in [0.1, 0.15) is 11.5 Å². The SMILES string of the molecule is O=C1CC(c2nc(-c3ccccn3)no2)CN1c1ccc(F)cc1Cl. The first kappa shape index (κ1) is 15.7. The summed E-state index contributed by atoms with van der Waals surface area (Å²) >= 11 is 6.06. The van der Waals surface area contributed by atoms with Crippen LogP contribution in [0.1, 0.15) is 18.2 Å². The van der Waals surface area contributed by atoms with Crippen LogP contribution in [-0.2, 0) is 4.79 Å². The Kier molecular flexibility index (Phi) is 3.93. The van der Waals surface area contributed by atoms with Gasteiger partial charge in [0.05, 0.1) is 16.6 Å². The largest absolute Gasteiger partial charge is 0.339 e. The lowest BCUT2D eigenvalue weighted by molar-refractivity contribution is -0.117. The molecule has 2 aromatic heterocycles. The average Bonchev–Trinajstić information content (AvgIpc) is 3.23. The van der Waals surface area contributed by atoms with E-state index < -0.39 is 5.82 Å². The summed E-state index contributed by atoms with van der Waals surface area (Å²) in [7, 11) is 0. The van der Waals surface area contributed by atoms with Gasteiger partial charge in [-0.05, 0) is 30.3 Å². The maximum atomic E-state index is 13.2. The Bertz CT molecular complexity index is 931. The van der Waals surface area contributed by atoms with E-state index in [1.807, 2.05) is 6.07 Å². The molecule has 1 unspecified atom stereocenters. The molecule has 0 aliphatic carbocycles. The van der Waals surface area contributed by atoms with Gasteiger partial charge in [0.25, 0.3) is 0 Å². The number of carbonyl (C=O) groups is 1. The monoisotopic (exact) mass is 358 g/mol. The lowest BCUT2D eigenvalue weighted by Gasteiger charge is -2.17. The first-order chi connectivity index (χ1) is 12.1. The molecule has 8 heteroatoms. The Balaban J connectivity index is 1.57.